The number of hydrogen-bond donors (Lipinski definition) is 0. The molecule has 0 aromatic rings. The van der Waals surface area contributed by atoms with Gasteiger partial charge in [0.25, 0.3) is 14.1 Å². The van der Waals surface area contributed by atoms with Crippen molar-refractivity contribution in [2.24, 2.45) is 0 Å². The third-order valence-electron chi connectivity index (χ3n) is 2.90. The van der Waals surface area contributed by atoms with E-state index >= 15 is 0 Å². The standard InChI is InChI=1S/C6H14N.2C2H5.Al.ClH/c1-4-7(5-2)6-3;2*1-2;;/h1,4-6H2,2-3H3;2*1H2,2H3;;1H. The molecule has 13 heavy (non-hydrogen) atoms. The molecule has 0 rings (SSSR count). The highest BCUT2D eigenvalue weighted by Gasteiger charge is 2.12. The van der Waals surface area contributed by atoms with Gasteiger partial charge >= 0.3 is 0 Å². The second-order valence-corrected chi connectivity index (χ2v) is 7.44. The van der Waals surface area contributed by atoms with E-state index in [0.717, 1.165) is 0 Å². The van der Waals surface area contributed by atoms with Gasteiger partial charge in [0.2, 0.25) is 0 Å². The van der Waals surface area contributed by atoms with Gasteiger partial charge in [-0.05, 0) is 19.6 Å². The van der Waals surface area contributed by atoms with Gasteiger partial charge in [0.05, 0.1) is 0 Å². The van der Waals surface area contributed by atoms with Crippen molar-refractivity contribution >= 4 is 26.6 Å². The largest absolute Gasteiger partial charge is 0.305 e. The van der Waals surface area contributed by atoms with Crippen LogP contribution in [0.1, 0.15) is 27.7 Å². The van der Waals surface area contributed by atoms with Crippen LogP contribution in [0.2, 0.25) is 15.8 Å². The number of rotatable bonds is 7. The highest BCUT2D eigenvalue weighted by molar-refractivity contribution is 6.58. The third-order valence-corrected chi connectivity index (χ3v) is 6.29. The first kappa shape index (κ1) is 16.2. The molecule has 0 saturated carbocycles. The molecule has 0 radical (unpaired) electrons. The van der Waals surface area contributed by atoms with Crippen LogP contribution in [-0.2, 0) is 0 Å². The molecule has 0 aliphatic carbocycles. The Labute approximate surface area is 94.7 Å². The van der Waals surface area contributed by atoms with Crippen LogP contribution in [0, 0.1) is 0 Å². The fourth-order valence-corrected chi connectivity index (χ4v) is 3.73. The second-order valence-electron chi connectivity index (χ2n) is 3.50. The number of halogens is 1. The average Bonchev–Trinajstić information content (AvgIpc) is 2.13. The summed E-state index contributed by atoms with van der Waals surface area (Å²) in [5.74, 6) is 0. The molecule has 0 N–H and O–H groups in total. The van der Waals surface area contributed by atoms with Crippen LogP contribution in [0.3, 0.4) is 0 Å². The van der Waals surface area contributed by atoms with Gasteiger partial charge in [-0.2, -0.15) is 0 Å². The Morgan fingerprint density at radius 1 is 0.923 bits per heavy atom. The molecule has 0 aromatic carbocycles. The lowest BCUT2D eigenvalue weighted by molar-refractivity contribution is 0.320. The number of hydrogen-bond acceptors (Lipinski definition) is 1. The zero-order valence-electron chi connectivity index (χ0n) is 9.68. The van der Waals surface area contributed by atoms with Crippen LogP contribution in [0.4, 0.5) is 0 Å². The van der Waals surface area contributed by atoms with Crippen LogP contribution in [0.5, 0.6) is 0 Å². The van der Waals surface area contributed by atoms with E-state index in [-0.39, 0.29) is 26.6 Å². The lowest BCUT2D eigenvalue weighted by Gasteiger charge is -2.19. The molecule has 0 unspecified atom stereocenters. The van der Waals surface area contributed by atoms with Crippen molar-refractivity contribution in [2.45, 2.75) is 43.5 Å². The molecule has 0 aliphatic heterocycles. The summed E-state index contributed by atoms with van der Waals surface area (Å²) < 4.78 is 0. The van der Waals surface area contributed by atoms with Crippen LogP contribution >= 0.6 is 12.4 Å². The summed E-state index contributed by atoms with van der Waals surface area (Å²) >= 11 is -0.318. The van der Waals surface area contributed by atoms with E-state index in [4.69, 9.17) is 0 Å². The normalized spacial score (nSPS) is 9.92. The van der Waals surface area contributed by atoms with E-state index in [1.165, 1.54) is 35.5 Å². The lowest BCUT2D eigenvalue weighted by atomic mass is 10.5. The van der Waals surface area contributed by atoms with Gasteiger partial charge in [0, 0.05) is 0 Å². The van der Waals surface area contributed by atoms with Crippen LogP contribution < -0.4 is 0 Å². The summed E-state index contributed by atoms with van der Waals surface area (Å²) in [6.07, 6.45) is 0. The summed E-state index contributed by atoms with van der Waals surface area (Å²) in [6.45, 7) is 13.1. The Morgan fingerprint density at radius 2 is 1.38 bits per heavy atom. The SMILES string of the molecule is CCN(CC)C[CH2][Al]([CH2]C)[CH2]C.Cl. The Balaban J connectivity index is 0. The highest BCUT2D eigenvalue weighted by Crippen LogP contribution is 2.05. The van der Waals surface area contributed by atoms with E-state index < -0.39 is 0 Å². The predicted octanol–water partition coefficient (Wildman–Crippen LogP) is 3.28. The molecule has 0 aliphatic rings. The third kappa shape index (κ3) is 7.82. The summed E-state index contributed by atoms with van der Waals surface area (Å²) in [5.41, 5.74) is 0. The van der Waals surface area contributed by atoms with Gasteiger partial charge in [-0.15, -0.1) is 12.4 Å². The molecular weight excluding hydrogens is 197 g/mol. The molecule has 0 aromatic heterocycles. The fourth-order valence-electron chi connectivity index (χ4n) is 1.60. The summed E-state index contributed by atoms with van der Waals surface area (Å²) in [7, 11) is 0. The summed E-state index contributed by atoms with van der Waals surface area (Å²) in [5, 5.41) is 4.49. The zero-order valence-corrected chi connectivity index (χ0v) is 11.6. The van der Waals surface area contributed by atoms with Gasteiger partial charge in [0.1, 0.15) is 0 Å². The molecule has 0 fully saturated rings. The maximum absolute atomic E-state index is 2.55. The van der Waals surface area contributed by atoms with Gasteiger partial charge in [-0.25, -0.2) is 0 Å². The second kappa shape index (κ2) is 10.9. The molecule has 3 heteroatoms. The van der Waals surface area contributed by atoms with Crippen molar-refractivity contribution in [1.29, 1.82) is 0 Å². The maximum Gasteiger partial charge on any atom is 0.262 e. The average molecular weight is 222 g/mol. The Kier molecular flexibility index (Phi) is 13.6. The summed E-state index contributed by atoms with van der Waals surface area (Å²) in [6, 6.07) is 0. The minimum Gasteiger partial charge on any atom is -0.305 e. The first-order valence-electron chi connectivity index (χ1n) is 5.50. The Bertz CT molecular complexity index is 80.9. The van der Waals surface area contributed by atoms with Gasteiger partial charge in [0.15, 0.2) is 0 Å². The van der Waals surface area contributed by atoms with Gasteiger partial charge in [-0.3, -0.25) is 0 Å². The molecule has 0 heterocycles. The van der Waals surface area contributed by atoms with Crippen molar-refractivity contribution in [1.82, 2.24) is 4.90 Å². The first-order chi connectivity index (χ1) is 5.78. The summed E-state index contributed by atoms with van der Waals surface area (Å²) in [4.78, 5) is 2.55. The monoisotopic (exact) mass is 221 g/mol. The first-order valence-corrected chi connectivity index (χ1v) is 7.95. The topological polar surface area (TPSA) is 3.24 Å². The minimum atomic E-state index is -0.318. The van der Waals surface area contributed by atoms with E-state index in [1.54, 1.807) is 0 Å². The van der Waals surface area contributed by atoms with Crippen LogP contribution in [0.25, 0.3) is 0 Å². The Hall–Kier alpha value is 0.782. The van der Waals surface area contributed by atoms with E-state index in [9.17, 15) is 0 Å². The van der Waals surface area contributed by atoms with E-state index in [2.05, 4.69) is 32.6 Å². The van der Waals surface area contributed by atoms with Crippen molar-refractivity contribution < 1.29 is 0 Å². The van der Waals surface area contributed by atoms with E-state index in [1.807, 2.05) is 0 Å². The lowest BCUT2D eigenvalue weighted by Crippen LogP contribution is -2.27. The molecule has 1 nitrogen and oxygen atoms in total. The Morgan fingerprint density at radius 3 is 1.69 bits per heavy atom. The van der Waals surface area contributed by atoms with Crippen molar-refractivity contribution in [3.05, 3.63) is 0 Å². The van der Waals surface area contributed by atoms with Gasteiger partial charge < -0.3 is 4.90 Å². The van der Waals surface area contributed by atoms with Crippen molar-refractivity contribution in [2.75, 3.05) is 19.6 Å². The quantitative estimate of drug-likeness (QED) is 0.597. The molecule has 0 spiro atoms. The minimum absolute atomic E-state index is 0. The molecule has 0 bridgehead atoms. The molecule has 80 valence electrons. The molecule has 0 saturated heterocycles. The van der Waals surface area contributed by atoms with Crippen LogP contribution in [-0.4, -0.2) is 38.7 Å². The van der Waals surface area contributed by atoms with Gasteiger partial charge in [-0.1, -0.05) is 43.5 Å². The van der Waals surface area contributed by atoms with E-state index in [0.29, 0.717) is 0 Å². The van der Waals surface area contributed by atoms with Crippen molar-refractivity contribution in [3.63, 3.8) is 0 Å². The number of nitrogens with zero attached hydrogens (tertiary/aromatic N) is 1. The maximum atomic E-state index is 2.55. The van der Waals surface area contributed by atoms with Crippen molar-refractivity contribution in [3.8, 4) is 0 Å². The molecule has 0 amide bonds. The predicted molar refractivity (Wildman–Crippen MR) is 66.6 cm³/mol. The molecule has 0 atom stereocenters. The zero-order chi connectivity index (χ0) is 9.40. The smallest absolute Gasteiger partial charge is 0.262 e. The van der Waals surface area contributed by atoms with Crippen LogP contribution in [0.15, 0.2) is 0 Å². The fraction of sp³-hybridized carbons (Fsp3) is 1.00. The molecular formula is C10H25AlClN. The highest BCUT2D eigenvalue weighted by atomic mass is 35.5.